The summed E-state index contributed by atoms with van der Waals surface area (Å²) in [5, 5.41) is 10.2. The summed E-state index contributed by atoms with van der Waals surface area (Å²) in [5.74, 6) is 0. The van der Waals surface area contributed by atoms with Crippen molar-refractivity contribution in [2.24, 2.45) is 5.73 Å². The summed E-state index contributed by atoms with van der Waals surface area (Å²) in [7, 11) is 0. The minimum Gasteiger partial charge on any atom is -0.444 e. The topological polar surface area (TPSA) is 75.8 Å². The van der Waals surface area contributed by atoms with Crippen molar-refractivity contribution in [1.82, 2.24) is 4.90 Å². The van der Waals surface area contributed by atoms with Crippen LogP contribution in [0.4, 0.5) is 4.79 Å². The number of β-amino-alcohol motifs (C(OH)–C–C–N with tert-alkyl or cyclic N) is 1. The highest BCUT2D eigenvalue weighted by molar-refractivity contribution is 5.69. The van der Waals surface area contributed by atoms with Crippen molar-refractivity contribution in [2.75, 3.05) is 13.1 Å². The van der Waals surface area contributed by atoms with Gasteiger partial charge in [0.1, 0.15) is 5.60 Å². The predicted molar refractivity (Wildman–Crippen MR) is 65.6 cm³/mol. The highest BCUT2D eigenvalue weighted by Crippen LogP contribution is 2.30. The smallest absolute Gasteiger partial charge is 0.410 e. The molecule has 1 rings (SSSR count). The molecule has 1 aliphatic rings. The number of likely N-dealkylation sites (tertiary alicyclic amines) is 1. The summed E-state index contributed by atoms with van der Waals surface area (Å²) in [6.07, 6.45) is 0.750. The summed E-state index contributed by atoms with van der Waals surface area (Å²) in [4.78, 5) is 13.5. The molecule has 0 spiro atoms. The fourth-order valence-corrected chi connectivity index (χ4v) is 2.06. The van der Waals surface area contributed by atoms with E-state index in [2.05, 4.69) is 0 Å². The molecule has 1 unspecified atom stereocenters. The molecule has 0 aromatic rings. The van der Waals surface area contributed by atoms with Crippen molar-refractivity contribution in [3.8, 4) is 0 Å². The Morgan fingerprint density at radius 3 is 2.59 bits per heavy atom. The van der Waals surface area contributed by atoms with Crippen molar-refractivity contribution in [1.29, 1.82) is 0 Å². The van der Waals surface area contributed by atoms with Crippen LogP contribution >= 0.6 is 0 Å². The van der Waals surface area contributed by atoms with Gasteiger partial charge in [-0.05, 0) is 33.6 Å². The van der Waals surface area contributed by atoms with Gasteiger partial charge in [-0.2, -0.15) is 0 Å². The van der Waals surface area contributed by atoms with Crippen LogP contribution in [-0.4, -0.2) is 46.4 Å². The summed E-state index contributed by atoms with van der Waals surface area (Å²) < 4.78 is 5.31. The van der Waals surface area contributed by atoms with Gasteiger partial charge in [0.05, 0.1) is 18.2 Å². The van der Waals surface area contributed by atoms with Crippen molar-refractivity contribution in [3.05, 3.63) is 0 Å². The van der Waals surface area contributed by atoms with Crippen LogP contribution in [0.2, 0.25) is 0 Å². The molecule has 1 saturated heterocycles. The maximum absolute atomic E-state index is 12.0. The van der Waals surface area contributed by atoms with Gasteiger partial charge in [0, 0.05) is 6.54 Å². The number of hydrogen-bond donors (Lipinski definition) is 2. The number of amides is 1. The SMILES string of the molecule is CCC1(O)C[C@@H](CN)N(C(=O)OC(C)(C)C)C1. The van der Waals surface area contributed by atoms with Crippen LogP contribution in [0.25, 0.3) is 0 Å². The Bertz CT molecular complexity index is 288. The lowest BCUT2D eigenvalue weighted by atomic mass is 9.97. The van der Waals surface area contributed by atoms with E-state index in [1.807, 2.05) is 27.7 Å². The van der Waals surface area contributed by atoms with Gasteiger partial charge in [0.25, 0.3) is 0 Å². The van der Waals surface area contributed by atoms with Crippen LogP contribution in [-0.2, 0) is 4.74 Å². The molecule has 2 atom stereocenters. The quantitative estimate of drug-likeness (QED) is 0.762. The van der Waals surface area contributed by atoms with Crippen LogP contribution in [0.15, 0.2) is 0 Å². The van der Waals surface area contributed by atoms with E-state index in [1.165, 1.54) is 0 Å². The van der Waals surface area contributed by atoms with Crippen molar-refractivity contribution < 1.29 is 14.6 Å². The molecule has 5 heteroatoms. The van der Waals surface area contributed by atoms with E-state index < -0.39 is 17.3 Å². The number of hydrogen-bond acceptors (Lipinski definition) is 4. The van der Waals surface area contributed by atoms with Gasteiger partial charge >= 0.3 is 6.09 Å². The normalized spacial score (nSPS) is 29.5. The van der Waals surface area contributed by atoms with Crippen LogP contribution in [0.1, 0.15) is 40.5 Å². The van der Waals surface area contributed by atoms with Crippen molar-refractivity contribution >= 4 is 6.09 Å². The molecule has 3 N–H and O–H groups in total. The first kappa shape index (κ1) is 14.3. The fraction of sp³-hybridized carbons (Fsp3) is 0.917. The summed E-state index contributed by atoms with van der Waals surface area (Å²) >= 11 is 0. The summed E-state index contributed by atoms with van der Waals surface area (Å²) in [6.45, 7) is 8.04. The van der Waals surface area contributed by atoms with E-state index >= 15 is 0 Å². The number of aliphatic hydroxyl groups is 1. The van der Waals surface area contributed by atoms with E-state index in [1.54, 1.807) is 4.90 Å². The second kappa shape index (κ2) is 4.82. The third kappa shape index (κ3) is 3.57. The zero-order chi connectivity index (χ0) is 13.3. The highest BCUT2D eigenvalue weighted by atomic mass is 16.6. The zero-order valence-corrected chi connectivity index (χ0v) is 11.2. The summed E-state index contributed by atoms with van der Waals surface area (Å²) in [5.41, 5.74) is 4.30. The number of nitrogens with two attached hydrogens (primary N) is 1. The Balaban J connectivity index is 2.73. The van der Waals surface area contributed by atoms with Gasteiger partial charge in [-0.25, -0.2) is 4.79 Å². The molecule has 0 bridgehead atoms. The molecule has 0 aromatic carbocycles. The lowest BCUT2D eigenvalue weighted by Gasteiger charge is -2.28. The summed E-state index contributed by atoms with van der Waals surface area (Å²) in [6, 6.07) is -0.130. The fourth-order valence-electron chi connectivity index (χ4n) is 2.06. The second-order valence-electron chi connectivity index (χ2n) is 5.78. The molecular formula is C12H24N2O3. The number of carbonyl (C=O) groups is 1. The largest absolute Gasteiger partial charge is 0.444 e. The Kier molecular flexibility index (Phi) is 4.04. The van der Waals surface area contributed by atoms with Gasteiger partial charge < -0.3 is 20.5 Å². The third-order valence-corrected chi connectivity index (χ3v) is 3.08. The van der Waals surface area contributed by atoms with Gasteiger partial charge in [0.15, 0.2) is 0 Å². The average Bonchev–Trinajstić information content (AvgIpc) is 2.54. The van der Waals surface area contributed by atoms with Gasteiger partial charge in [-0.15, -0.1) is 0 Å². The lowest BCUT2D eigenvalue weighted by Crippen LogP contribution is -2.43. The Morgan fingerprint density at radius 1 is 1.59 bits per heavy atom. The Labute approximate surface area is 103 Å². The molecule has 100 valence electrons. The van der Waals surface area contributed by atoms with Crippen LogP contribution in [0.3, 0.4) is 0 Å². The molecule has 0 aromatic heterocycles. The number of ether oxygens (including phenoxy) is 1. The maximum Gasteiger partial charge on any atom is 0.410 e. The molecule has 5 nitrogen and oxygen atoms in total. The molecule has 1 fully saturated rings. The van der Waals surface area contributed by atoms with Gasteiger partial charge in [-0.3, -0.25) is 0 Å². The second-order valence-corrected chi connectivity index (χ2v) is 5.78. The minimum atomic E-state index is -0.819. The van der Waals surface area contributed by atoms with E-state index in [0.29, 0.717) is 25.9 Å². The van der Waals surface area contributed by atoms with E-state index in [9.17, 15) is 9.90 Å². The standard InChI is InChI=1S/C12H24N2O3/c1-5-12(16)6-9(7-13)14(8-12)10(15)17-11(2,3)4/h9,16H,5-8,13H2,1-4H3/t9-,12?/m0/s1. The van der Waals surface area contributed by atoms with Crippen molar-refractivity contribution in [2.45, 2.75) is 57.8 Å². The van der Waals surface area contributed by atoms with Gasteiger partial charge in [0.2, 0.25) is 0 Å². The predicted octanol–water partition coefficient (Wildman–Crippen LogP) is 1.10. The minimum absolute atomic E-state index is 0.130. The monoisotopic (exact) mass is 244 g/mol. The molecule has 0 aliphatic carbocycles. The van der Waals surface area contributed by atoms with Crippen LogP contribution in [0.5, 0.6) is 0 Å². The molecule has 1 aliphatic heterocycles. The number of carbonyl (C=O) groups excluding carboxylic acids is 1. The van der Waals surface area contributed by atoms with E-state index in [-0.39, 0.29) is 6.04 Å². The molecule has 17 heavy (non-hydrogen) atoms. The van der Waals surface area contributed by atoms with Crippen LogP contribution < -0.4 is 5.73 Å². The Morgan fingerprint density at radius 2 is 2.18 bits per heavy atom. The van der Waals surface area contributed by atoms with E-state index in [4.69, 9.17) is 10.5 Å². The molecule has 0 radical (unpaired) electrons. The molecule has 0 saturated carbocycles. The zero-order valence-electron chi connectivity index (χ0n) is 11.2. The molecule has 1 heterocycles. The Hall–Kier alpha value is -0.810. The lowest BCUT2D eigenvalue weighted by molar-refractivity contribution is 0.0117. The van der Waals surface area contributed by atoms with E-state index in [0.717, 1.165) is 0 Å². The third-order valence-electron chi connectivity index (χ3n) is 3.08. The average molecular weight is 244 g/mol. The van der Waals surface area contributed by atoms with Gasteiger partial charge in [-0.1, -0.05) is 6.92 Å². The first-order chi connectivity index (χ1) is 7.71. The first-order valence-corrected chi connectivity index (χ1v) is 6.13. The number of nitrogens with zero attached hydrogens (tertiary/aromatic N) is 1. The highest BCUT2D eigenvalue weighted by Gasteiger charge is 2.44. The molecule has 1 amide bonds. The molecular weight excluding hydrogens is 220 g/mol. The van der Waals surface area contributed by atoms with Crippen LogP contribution in [0, 0.1) is 0 Å². The first-order valence-electron chi connectivity index (χ1n) is 6.13. The number of rotatable bonds is 2. The van der Waals surface area contributed by atoms with Crippen molar-refractivity contribution in [3.63, 3.8) is 0 Å². The maximum atomic E-state index is 12.0.